The summed E-state index contributed by atoms with van der Waals surface area (Å²) in [5.41, 5.74) is 1.69. The molecule has 0 N–H and O–H groups in total. The van der Waals surface area contributed by atoms with Crippen LogP contribution in [0, 0.1) is 6.92 Å². The number of imidazole rings is 1. The van der Waals surface area contributed by atoms with Gasteiger partial charge in [-0.2, -0.15) is 8.78 Å². The molecule has 19 heavy (non-hydrogen) atoms. The lowest BCUT2D eigenvalue weighted by atomic mass is 10.2. The molecule has 0 spiro atoms. The first-order chi connectivity index (χ1) is 9.11. The zero-order valence-corrected chi connectivity index (χ0v) is 10.8. The number of nitrogens with zero attached hydrogens (tertiary/aromatic N) is 2. The van der Waals surface area contributed by atoms with Gasteiger partial charge < -0.3 is 4.74 Å². The third kappa shape index (κ3) is 2.44. The molecule has 0 aliphatic rings. The molecular weight excluding hydrogens is 270 g/mol. The lowest BCUT2D eigenvalue weighted by Gasteiger charge is -2.04. The molecule has 0 bridgehead atoms. The van der Waals surface area contributed by atoms with E-state index in [1.165, 1.54) is 17.0 Å². The molecule has 1 aromatic carbocycles. The zero-order chi connectivity index (χ0) is 13.4. The maximum atomic E-state index is 12.0. The Morgan fingerprint density at radius 1 is 1.21 bits per heavy atom. The predicted octanol–water partition coefficient (Wildman–Crippen LogP) is 3.97. The molecule has 0 aliphatic heterocycles. The van der Waals surface area contributed by atoms with E-state index in [4.69, 9.17) is 0 Å². The molecule has 0 saturated heterocycles. The van der Waals surface area contributed by atoms with Crippen molar-refractivity contribution in [1.82, 2.24) is 9.38 Å². The largest absolute Gasteiger partial charge is 0.435 e. The van der Waals surface area contributed by atoms with Crippen molar-refractivity contribution in [2.45, 2.75) is 13.5 Å². The molecule has 3 aromatic rings. The van der Waals surface area contributed by atoms with Gasteiger partial charge >= 0.3 is 6.61 Å². The quantitative estimate of drug-likeness (QED) is 0.725. The number of hydrogen-bond acceptors (Lipinski definition) is 3. The second kappa shape index (κ2) is 4.62. The minimum atomic E-state index is -2.80. The van der Waals surface area contributed by atoms with Crippen molar-refractivity contribution in [2.75, 3.05) is 0 Å². The standard InChI is InChI=1S/C13H10F2N2OS/c1-8-6-17-7-11(16-13(17)19-8)9-2-4-10(5-3-9)18-12(14)15/h2-7,12H,1H3. The highest BCUT2D eigenvalue weighted by Gasteiger charge is 2.08. The number of rotatable bonds is 3. The molecular formula is C13H10F2N2OS. The van der Waals surface area contributed by atoms with Crippen molar-refractivity contribution in [3.63, 3.8) is 0 Å². The van der Waals surface area contributed by atoms with E-state index in [0.29, 0.717) is 0 Å². The number of thiazole rings is 1. The summed E-state index contributed by atoms with van der Waals surface area (Å²) in [5.74, 6) is 0.149. The lowest BCUT2D eigenvalue weighted by Crippen LogP contribution is -2.01. The molecule has 0 atom stereocenters. The number of benzene rings is 1. The van der Waals surface area contributed by atoms with Crippen molar-refractivity contribution in [3.8, 4) is 17.0 Å². The van der Waals surface area contributed by atoms with Gasteiger partial charge in [0.25, 0.3) is 0 Å². The summed E-state index contributed by atoms with van der Waals surface area (Å²) < 4.78 is 30.4. The smallest absolute Gasteiger partial charge is 0.387 e. The second-order valence-corrected chi connectivity index (χ2v) is 5.27. The maximum absolute atomic E-state index is 12.0. The minimum absolute atomic E-state index is 0.149. The van der Waals surface area contributed by atoms with Crippen molar-refractivity contribution in [2.24, 2.45) is 0 Å². The summed E-state index contributed by atoms with van der Waals surface area (Å²) in [7, 11) is 0. The van der Waals surface area contributed by atoms with E-state index in [0.717, 1.165) is 16.2 Å². The van der Waals surface area contributed by atoms with Gasteiger partial charge in [-0.15, -0.1) is 11.3 Å². The number of aryl methyl sites for hydroxylation is 1. The molecule has 0 amide bonds. The van der Waals surface area contributed by atoms with Crippen LogP contribution in [0.15, 0.2) is 36.7 Å². The molecule has 98 valence electrons. The average Bonchev–Trinajstić information content (AvgIpc) is 2.86. The number of alkyl halides is 2. The SMILES string of the molecule is Cc1cn2cc(-c3ccc(OC(F)F)cc3)nc2s1. The van der Waals surface area contributed by atoms with Gasteiger partial charge in [-0.05, 0) is 31.2 Å². The van der Waals surface area contributed by atoms with Crippen LogP contribution in [0.5, 0.6) is 5.75 Å². The van der Waals surface area contributed by atoms with Gasteiger partial charge in [-0.25, -0.2) is 4.98 Å². The maximum Gasteiger partial charge on any atom is 0.387 e. The normalized spacial score (nSPS) is 11.4. The van der Waals surface area contributed by atoms with Crippen LogP contribution in [-0.4, -0.2) is 16.0 Å². The van der Waals surface area contributed by atoms with Gasteiger partial charge in [0, 0.05) is 22.8 Å². The molecule has 3 nitrogen and oxygen atoms in total. The predicted molar refractivity (Wildman–Crippen MR) is 69.9 cm³/mol. The number of fused-ring (bicyclic) bond motifs is 1. The van der Waals surface area contributed by atoms with Gasteiger partial charge in [-0.3, -0.25) is 4.40 Å². The Hall–Kier alpha value is -1.95. The Labute approximate surface area is 112 Å². The highest BCUT2D eigenvalue weighted by molar-refractivity contribution is 7.17. The van der Waals surface area contributed by atoms with Gasteiger partial charge in [0.2, 0.25) is 0 Å². The van der Waals surface area contributed by atoms with Crippen molar-refractivity contribution >= 4 is 16.3 Å². The van der Waals surface area contributed by atoms with Gasteiger partial charge in [0.05, 0.1) is 5.69 Å². The summed E-state index contributed by atoms with van der Waals surface area (Å²) in [4.78, 5) is 6.59. The van der Waals surface area contributed by atoms with Crippen LogP contribution in [0.3, 0.4) is 0 Å². The molecule has 3 rings (SSSR count). The summed E-state index contributed by atoms with van der Waals surface area (Å²) in [6.45, 7) is -0.776. The minimum Gasteiger partial charge on any atom is -0.435 e. The Kier molecular flexibility index (Phi) is 2.94. The van der Waals surface area contributed by atoms with Crippen LogP contribution in [0.25, 0.3) is 16.2 Å². The summed E-state index contributed by atoms with van der Waals surface area (Å²) in [5, 5.41) is 0. The van der Waals surface area contributed by atoms with Gasteiger partial charge in [0.1, 0.15) is 5.75 Å². The molecule has 0 unspecified atom stereocenters. The Morgan fingerprint density at radius 3 is 2.58 bits per heavy atom. The third-order valence-corrected chi connectivity index (χ3v) is 3.56. The van der Waals surface area contributed by atoms with E-state index in [2.05, 4.69) is 9.72 Å². The van der Waals surface area contributed by atoms with E-state index in [1.807, 2.05) is 23.7 Å². The van der Waals surface area contributed by atoms with E-state index in [9.17, 15) is 8.78 Å². The van der Waals surface area contributed by atoms with Crippen molar-refractivity contribution < 1.29 is 13.5 Å². The first-order valence-electron chi connectivity index (χ1n) is 5.62. The Bertz CT molecular complexity index is 672. The van der Waals surface area contributed by atoms with Gasteiger partial charge in [0.15, 0.2) is 4.96 Å². The first kappa shape index (κ1) is 12.1. The van der Waals surface area contributed by atoms with Crippen LogP contribution in [0.4, 0.5) is 8.78 Å². The highest BCUT2D eigenvalue weighted by Crippen LogP contribution is 2.25. The van der Waals surface area contributed by atoms with Gasteiger partial charge in [-0.1, -0.05) is 0 Å². The fourth-order valence-corrected chi connectivity index (χ4v) is 2.67. The zero-order valence-electron chi connectivity index (χ0n) is 10.0. The molecule has 0 fully saturated rings. The fourth-order valence-electron chi connectivity index (χ4n) is 1.86. The van der Waals surface area contributed by atoms with Crippen LogP contribution >= 0.6 is 11.3 Å². The van der Waals surface area contributed by atoms with Crippen LogP contribution in [0.1, 0.15) is 4.88 Å². The summed E-state index contributed by atoms with van der Waals surface area (Å²) in [6.07, 6.45) is 3.92. The molecule has 0 radical (unpaired) electrons. The Balaban J connectivity index is 1.90. The van der Waals surface area contributed by atoms with Crippen LogP contribution < -0.4 is 4.74 Å². The van der Waals surface area contributed by atoms with E-state index in [1.54, 1.807) is 23.5 Å². The lowest BCUT2D eigenvalue weighted by molar-refractivity contribution is -0.0498. The number of ether oxygens (including phenoxy) is 1. The van der Waals surface area contributed by atoms with Crippen molar-refractivity contribution in [3.05, 3.63) is 41.5 Å². The van der Waals surface area contributed by atoms with E-state index < -0.39 is 6.61 Å². The highest BCUT2D eigenvalue weighted by atomic mass is 32.1. The summed E-state index contributed by atoms with van der Waals surface area (Å²) >= 11 is 1.61. The Morgan fingerprint density at radius 2 is 1.95 bits per heavy atom. The molecule has 2 aromatic heterocycles. The van der Waals surface area contributed by atoms with E-state index >= 15 is 0 Å². The fraction of sp³-hybridized carbons (Fsp3) is 0.154. The topological polar surface area (TPSA) is 26.5 Å². The molecule has 6 heteroatoms. The second-order valence-electron chi connectivity index (χ2n) is 4.06. The van der Waals surface area contributed by atoms with E-state index in [-0.39, 0.29) is 5.75 Å². The first-order valence-corrected chi connectivity index (χ1v) is 6.44. The van der Waals surface area contributed by atoms with Crippen LogP contribution in [-0.2, 0) is 0 Å². The average molecular weight is 280 g/mol. The van der Waals surface area contributed by atoms with Crippen molar-refractivity contribution in [1.29, 1.82) is 0 Å². The molecule has 2 heterocycles. The molecule has 0 aliphatic carbocycles. The monoisotopic (exact) mass is 280 g/mol. The molecule has 0 saturated carbocycles. The summed E-state index contributed by atoms with van der Waals surface area (Å²) in [6, 6.07) is 6.47. The number of aromatic nitrogens is 2. The van der Waals surface area contributed by atoms with Crippen LogP contribution in [0.2, 0.25) is 0 Å². The third-order valence-electron chi connectivity index (χ3n) is 2.65. The number of halogens is 2. The number of hydrogen-bond donors (Lipinski definition) is 0.